The van der Waals surface area contributed by atoms with Crippen molar-refractivity contribution in [2.75, 3.05) is 6.61 Å². The maximum Gasteiger partial charge on any atom is 0.404 e. The Hall–Kier alpha value is -3.07. The number of carbonyl (C=O) groups is 1. The number of hydrogen-bond acceptors (Lipinski definition) is 2. The van der Waals surface area contributed by atoms with E-state index in [1.165, 1.54) is 0 Å². The van der Waals surface area contributed by atoms with Crippen LogP contribution >= 0.6 is 0 Å². The van der Waals surface area contributed by atoms with E-state index in [1.807, 2.05) is 91.0 Å². The van der Waals surface area contributed by atoms with Gasteiger partial charge in [-0.05, 0) is 16.7 Å². The van der Waals surface area contributed by atoms with Crippen molar-refractivity contribution in [3.63, 3.8) is 0 Å². The first-order chi connectivity index (χ1) is 11.7. The zero-order chi connectivity index (χ0) is 16.8. The summed E-state index contributed by atoms with van der Waals surface area (Å²) in [6.45, 7) is 0.139. The van der Waals surface area contributed by atoms with Gasteiger partial charge in [0, 0.05) is 0 Å². The third kappa shape index (κ3) is 3.01. The summed E-state index contributed by atoms with van der Waals surface area (Å²) in [5, 5.41) is 0. The molecule has 3 aromatic carbocycles. The first-order valence-corrected chi connectivity index (χ1v) is 7.82. The van der Waals surface area contributed by atoms with Crippen molar-refractivity contribution in [2.24, 2.45) is 5.73 Å². The molecule has 3 heteroatoms. The Balaban J connectivity index is 2.26. The van der Waals surface area contributed by atoms with Crippen LogP contribution in [0.2, 0.25) is 0 Å². The second-order valence-corrected chi connectivity index (χ2v) is 5.61. The molecule has 3 aromatic rings. The van der Waals surface area contributed by atoms with Crippen molar-refractivity contribution in [3.05, 3.63) is 108 Å². The van der Waals surface area contributed by atoms with E-state index in [2.05, 4.69) is 0 Å². The monoisotopic (exact) mass is 317 g/mol. The summed E-state index contributed by atoms with van der Waals surface area (Å²) in [5.41, 5.74) is 7.80. The summed E-state index contributed by atoms with van der Waals surface area (Å²) in [7, 11) is 0. The Labute approximate surface area is 141 Å². The van der Waals surface area contributed by atoms with E-state index in [0.29, 0.717) is 0 Å². The summed E-state index contributed by atoms with van der Waals surface area (Å²) in [5.74, 6) is 0. The molecule has 0 radical (unpaired) electrons. The summed E-state index contributed by atoms with van der Waals surface area (Å²) < 4.78 is 5.31. The fraction of sp³-hybridized carbons (Fsp3) is 0.0952. The molecule has 0 saturated heterocycles. The van der Waals surface area contributed by atoms with Gasteiger partial charge in [0.15, 0.2) is 0 Å². The maximum absolute atomic E-state index is 11.3. The van der Waals surface area contributed by atoms with Gasteiger partial charge < -0.3 is 10.5 Å². The minimum Gasteiger partial charge on any atom is -0.448 e. The van der Waals surface area contributed by atoms with Gasteiger partial charge in [-0.1, -0.05) is 91.0 Å². The molecule has 0 fully saturated rings. The average molecular weight is 317 g/mol. The molecule has 0 heterocycles. The van der Waals surface area contributed by atoms with Gasteiger partial charge in [-0.25, -0.2) is 4.79 Å². The smallest absolute Gasteiger partial charge is 0.404 e. The highest BCUT2D eigenvalue weighted by atomic mass is 16.5. The normalized spacial score (nSPS) is 11.0. The van der Waals surface area contributed by atoms with Crippen LogP contribution in [-0.4, -0.2) is 12.7 Å². The van der Waals surface area contributed by atoms with E-state index >= 15 is 0 Å². The van der Waals surface area contributed by atoms with Crippen molar-refractivity contribution in [3.8, 4) is 0 Å². The van der Waals surface area contributed by atoms with Gasteiger partial charge in [0.1, 0.15) is 6.61 Å². The molecule has 0 aliphatic carbocycles. The van der Waals surface area contributed by atoms with Gasteiger partial charge in [-0.2, -0.15) is 0 Å². The number of carbonyl (C=O) groups excluding carboxylic acids is 1. The van der Waals surface area contributed by atoms with Gasteiger partial charge in [0.2, 0.25) is 0 Å². The SMILES string of the molecule is NC(=O)OCC(c1ccccc1)(c1ccccc1)c1ccccc1. The lowest BCUT2D eigenvalue weighted by Crippen LogP contribution is -2.36. The van der Waals surface area contributed by atoms with Crippen molar-refractivity contribution >= 4 is 6.09 Å². The zero-order valence-corrected chi connectivity index (χ0v) is 13.3. The van der Waals surface area contributed by atoms with E-state index in [9.17, 15) is 4.79 Å². The topological polar surface area (TPSA) is 52.3 Å². The predicted octanol–water partition coefficient (Wildman–Crippen LogP) is 4.12. The summed E-state index contributed by atoms with van der Waals surface area (Å²) in [6.07, 6.45) is -0.776. The molecule has 0 spiro atoms. The number of amides is 1. The molecule has 120 valence electrons. The Morgan fingerprint density at radius 3 is 1.33 bits per heavy atom. The van der Waals surface area contributed by atoms with E-state index in [1.54, 1.807) is 0 Å². The first kappa shape index (κ1) is 15.8. The molecular weight excluding hydrogens is 298 g/mol. The average Bonchev–Trinajstić information content (AvgIpc) is 2.65. The maximum atomic E-state index is 11.3. The van der Waals surface area contributed by atoms with Crippen LogP contribution in [0.5, 0.6) is 0 Å². The Morgan fingerprint density at radius 2 is 1.04 bits per heavy atom. The summed E-state index contributed by atoms with van der Waals surface area (Å²) >= 11 is 0. The lowest BCUT2D eigenvalue weighted by Gasteiger charge is -2.35. The number of hydrogen-bond donors (Lipinski definition) is 1. The molecule has 0 saturated carbocycles. The van der Waals surface area contributed by atoms with Crippen LogP contribution in [0.15, 0.2) is 91.0 Å². The van der Waals surface area contributed by atoms with E-state index in [-0.39, 0.29) is 6.61 Å². The fourth-order valence-corrected chi connectivity index (χ4v) is 3.10. The Morgan fingerprint density at radius 1 is 0.708 bits per heavy atom. The summed E-state index contributed by atoms with van der Waals surface area (Å²) in [6, 6.07) is 30.1. The van der Waals surface area contributed by atoms with Gasteiger partial charge >= 0.3 is 6.09 Å². The van der Waals surface area contributed by atoms with Crippen LogP contribution < -0.4 is 5.73 Å². The van der Waals surface area contributed by atoms with Crippen LogP contribution in [0.25, 0.3) is 0 Å². The standard InChI is InChI=1S/C21H19NO2/c22-20(23)24-16-21(17-10-4-1-5-11-17,18-12-6-2-7-13-18)19-14-8-3-9-15-19/h1-15H,16H2,(H2,22,23). The number of benzene rings is 3. The predicted molar refractivity (Wildman–Crippen MR) is 94.7 cm³/mol. The number of ether oxygens (including phenoxy) is 1. The first-order valence-electron chi connectivity index (χ1n) is 7.82. The largest absolute Gasteiger partial charge is 0.448 e. The van der Waals surface area contributed by atoms with E-state index < -0.39 is 11.5 Å². The molecule has 1 amide bonds. The van der Waals surface area contributed by atoms with Crippen molar-refractivity contribution in [1.29, 1.82) is 0 Å². The third-order valence-corrected chi connectivity index (χ3v) is 4.23. The molecule has 2 N–H and O–H groups in total. The Bertz CT molecular complexity index is 689. The van der Waals surface area contributed by atoms with Crippen molar-refractivity contribution < 1.29 is 9.53 Å². The third-order valence-electron chi connectivity index (χ3n) is 4.23. The van der Waals surface area contributed by atoms with Crippen LogP contribution in [0.4, 0.5) is 4.79 Å². The van der Waals surface area contributed by atoms with Crippen LogP contribution in [-0.2, 0) is 10.2 Å². The molecular formula is C21H19NO2. The molecule has 0 aliphatic rings. The second kappa shape index (κ2) is 7.01. The highest BCUT2D eigenvalue weighted by Crippen LogP contribution is 2.39. The minimum absolute atomic E-state index is 0.139. The van der Waals surface area contributed by atoms with Crippen molar-refractivity contribution in [1.82, 2.24) is 0 Å². The number of nitrogens with two attached hydrogens (primary N) is 1. The molecule has 0 aliphatic heterocycles. The molecule has 3 nitrogen and oxygen atoms in total. The fourth-order valence-electron chi connectivity index (χ4n) is 3.10. The molecule has 0 aromatic heterocycles. The highest BCUT2D eigenvalue weighted by molar-refractivity contribution is 5.65. The molecule has 0 atom stereocenters. The van der Waals surface area contributed by atoms with E-state index in [4.69, 9.17) is 10.5 Å². The lowest BCUT2D eigenvalue weighted by atomic mass is 9.70. The highest BCUT2D eigenvalue weighted by Gasteiger charge is 2.37. The van der Waals surface area contributed by atoms with Crippen molar-refractivity contribution in [2.45, 2.75) is 5.41 Å². The molecule has 24 heavy (non-hydrogen) atoms. The van der Waals surface area contributed by atoms with Gasteiger partial charge in [-0.3, -0.25) is 0 Å². The quantitative estimate of drug-likeness (QED) is 0.720. The van der Waals surface area contributed by atoms with Crippen LogP contribution in [0.1, 0.15) is 16.7 Å². The van der Waals surface area contributed by atoms with Gasteiger partial charge in [-0.15, -0.1) is 0 Å². The van der Waals surface area contributed by atoms with Gasteiger partial charge in [0.25, 0.3) is 0 Å². The zero-order valence-electron chi connectivity index (χ0n) is 13.3. The van der Waals surface area contributed by atoms with Crippen LogP contribution in [0, 0.1) is 0 Å². The minimum atomic E-state index is -0.776. The number of primary amides is 1. The van der Waals surface area contributed by atoms with Gasteiger partial charge in [0.05, 0.1) is 5.41 Å². The lowest BCUT2D eigenvalue weighted by molar-refractivity contribution is 0.141. The second-order valence-electron chi connectivity index (χ2n) is 5.61. The Kier molecular flexibility index (Phi) is 4.62. The molecule has 0 unspecified atom stereocenters. The van der Waals surface area contributed by atoms with E-state index in [0.717, 1.165) is 16.7 Å². The number of rotatable bonds is 5. The molecule has 0 bridgehead atoms. The van der Waals surface area contributed by atoms with Crippen LogP contribution in [0.3, 0.4) is 0 Å². The summed E-state index contributed by atoms with van der Waals surface area (Å²) in [4.78, 5) is 11.3. The molecule has 3 rings (SSSR count).